The van der Waals surface area contributed by atoms with Crippen LogP contribution in [0.15, 0.2) is 48.7 Å². The molecule has 5 rings (SSSR count). The minimum absolute atomic E-state index is 0.0781. The zero-order valence-corrected chi connectivity index (χ0v) is 20.5. The fourth-order valence-corrected chi connectivity index (χ4v) is 4.51. The molecule has 3 aromatic rings. The Kier molecular flexibility index (Phi) is 7.16. The molecule has 192 valence electrons. The number of fused-ring (bicyclic) bond motifs is 1. The number of amides is 2. The summed E-state index contributed by atoms with van der Waals surface area (Å²) in [5, 5.41) is 5.62. The largest absolute Gasteiger partial charge is 0.497 e. The maximum absolute atomic E-state index is 13.3. The van der Waals surface area contributed by atoms with Crippen LogP contribution in [-0.2, 0) is 17.8 Å². The van der Waals surface area contributed by atoms with Gasteiger partial charge in [0.05, 0.1) is 7.11 Å². The lowest BCUT2D eigenvalue weighted by molar-refractivity contribution is -0.122. The van der Waals surface area contributed by atoms with Crippen LogP contribution in [0.3, 0.4) is 0 Å². The molecule has 2 aliphatic heterocycles. The first-order valence-electron chi connectivity index (χ1n) is 12.3. The molecule has 37 heavy (non-hydrogen) atoms. The predicted molar refractivity (Wildman–Crippen MR) is 135 cm³/mol. The summed E-state index contributed by atoms with van der Waals surface area (Å²) in [7, 11) is 1.63. The molecule has 3 heterocycles. The fraction of sp³-hybridized carbons (Fsp3) is 0.333. The fourth-order valence-electron chi connectivity index (χ4n) is 4.51. The van der Waals surface area contributed by atoms with Gasteiger partial charge >= 0.3 is 0 Å². The Morgan fingerprint density at radius 2 is 2.05 bits per heavy atom. The number of aromatic nitrogens is 2. The van der Waals surface area contributed by atoms with E-state index < -0.39 is 11.9 Å². The van der Waals surface area contributed by atoms with Gasteiger partial charge in [0, 0.05) is 25.0 Å². The first-order valence-corrected chi connectivity index (χ1v) is 12.3. The normalized spacial score (nSPS) is 17.0. The lowest BCUT2D eigenvalue weighted by Gasteiger charge is -2.20. The highest BCUT2D eigenvalue weighted by Gasteiger charge is 2.28. The molecule has 2 aromatic carbocycles. The van der Waals surface area contributed by atoms with Crippen molar-refractivity contribution in [1.29, 1.82) is 0 Å². The van der Waals surface area contributed by atoms with Gasteiger partial charge in [0.15, 0.2) is 0 Å². The minimum atomic E-state index is -0.639. The van der Waals surface area contributed by atoms with Crippen molar-refractivity contribution in [1.82, 2.24) is 20.6 Å². The van der Waals surface area contributed by atoms with Gasteiger partial charge in [-0.1, -0.05) is 12.1 Å². The molecule has 1 aromatic heterocycles. The number of carbonyl (C=O) groups excluding carboxylic acids is 2. The number of rotatable bonds is 7. The van der Waals surface area contributed by atoms with E-state index in [4.69, 9.17) is 9.47 Å². The van der Waals surface area contributed by atoms with Crippen LogP contribution in [0.2, 0.25) is 0 Å². The maximum atomic E-state index is 13.3. The number of carbonyl (C=O) groups is 2. The van der Waals surface area contributed by atoms with Crippen LogP contribution >= 0.6 is 0 Å². The summed E-state index contributed by atoms with van der Waals surface area (Å²) in [6.45, 7) is 1.33. The number of nitrogens with zero attached hydrogens (tertiary/aromatic N) is 3. The van der Waals surface area contributed by atoms with Crippen LogP contribution in [0.4, 0.5) is 16.0 Å². The first kappa shape index (κ1) is 24.5. The Bertz CT molecular complexity index is 1300. The number of hydrogen-bond donors (Lipinski definition) is 2. The third-order valence-electron chi connectivity index (χ3n) is 6.54. The number of ether oxygens (including phenoxy) is 2. The molecule has 0 bridgehead atoms. The molecule has 1 fully saturated rings. The van der Waals surface area contributed by atoms with Crippen LogP contribution in [-0.4, -0.2) is 48.0 Å². The van der Waals surface area contributed by atoms with Crippen molar-refractivity contribution < 1.29 is 23.5 Å². The number of anilines is 2. The molecule has 0 aliphatic carbocycles. The molecular weight excluding hydrogens is 477 g/mol. The van der Waals surface area contributed by atoms with E-state index >= 15 is 0 Å². The van der Waals surface area contributed by atoms with E-state index in [1.807, 2.05) is 23.1 Å². The van der Waals surface area contributed by atoms with Gasteiger partial charge in [0.1, 0.15) is 29.8 Å². The van der Waals surface area contributed by atoms with E-state index in [1.165, 1.54) is 18.3 Å². The summed E-state index contributed by atoms with van der Waals surface area (Å²) in [6, 6.07) is 11.1. The van der Waals surface area contributed by atoms with Gasteiger partial charge in [-0.3, -0.25) is 9.59 Å². The van der Waals surface area contributed by atoms with Crippen LogP contribution in [0, 0.1) is 5.82 Å². The van der Waals surface area contributed by atoms with Crippen molar-refractivity contribution >= 4 is 23.5 Å². The van der Waals surface area contributed by atoms with Crippen molar-refractivity contribution in [2.45, 2.75) is 38.3 Å². The van der Waals surface area contributed by atoms with E-state index in [2.05, 4.69) is 20.6 Å². The van der Waals surface area contributed by atoms with Crippen LogP contribution < -0.4 is 25.0 Å². The highest BCUT2D eigenvalue weighted by molar-refractivity contribution is 5.99. The molecule has 0 spiro atoms. The summed E-state index contributed by atoms with van der Waals surface area (Å²) in [5.41, 5.74) is 2.90. The second-order valence-electron chi connectivity index (χ2n) is 9.01. The Hall–Kier alpha value is -4.21. The van der Waals surface area contributed by atoms with Crippen molar-refractivity contribution in [3.8, 4) is 11.6 Å². The minimum Gasteiger partial charge on any atom is -0.497 e. The van der Waals surface area contributed by atoms with E-state index in [0.29, 0.717) is 25.5 Å². The third kappa shape index (κ3) is 5.47. The summed E-state index contributed by atoms with van der Waals surface area (Å²) < 4.78 is 24.6. The number of benzene rings is 2. The molecule has 10 heteroatoms. The lowest BCUT2D eigenvalue weighted by atomic mass is 10.1. The van der Waals surface area contributed by atoms with E-state index in [1.54, 1.807) is 19.2 Å². The Morgan fingerprint density at radius 3 is 2.86 bits per heavy atom. The second-order valence-corrected chi connectivity index (χ2v) is 9.01. The Balaban J connectivity index is 1.43. The second kappa shape index (κ2) is 10.8. The molecule has 2 N–H and O–H groups in total. The van der Waals surface area contributed by atoms with Gasteiger partial charge in [-0.15, -0.1) is 0 Å². The molecule has 2 aliphatic rings. The summed E-state index contributed by atoms with van der Waals surface area (Å²) in [5.74, 6) is 0.207. The van der Waals surface area contributed by atoms with Crippen LogP contribution in [0.1, 0.15) is 40.7 Å². The SMILES string of the molecule is COc1ccc2c(c1)CCN2c1ncc(C(=O)NC2CCCCNC2=O)c(OCc2ccc(F)cc2)n1. The third-order valence-corrected chi connectivity index (χ3v) is 6.54. The Labute approximate surface area is 214 Å². The van der Waals surface area contributed by atoms with Gasteiger partial charge in [-0.2, -0.15) is 4.98 Å². The van der Waals surface area contributed by atoms with Crippen molar-refractivity contribution in [2.24, 2.45) is 0 Å². The molecule has 0 saturated carbocycles. The molecule has 0 radical (unpaired) electrons. The zero-order valence-electron chi connectivity index (χ0n) is 20.5. The highest BCUT2D eigenvalue weighted by atomic mass is 19.1. The highest BCUT2D eigenvalue weighted by Crippen LogP contribution is 2.36. The number of hydrogen-bond acceptors (Lipinski definition) is 7. The van der Waals surface area contributed by atoms with Crippen LogP contribution in [0.25, 0.3) is 0 Å². The van der Waals surface area contributed by atoms with Crippen LogP contribution in [0.5, 0.6) is 11.6 Å². The summed E-state index contributed by atoms with van der Waals surface area (Å²) >= 11 is 0. The van der Waals surface area contributed by atoms with Crippen molar-refractivity contribution in [3.63, 3.8) is 0 Å². The lowest BCUT2D eigenvalue weighted by Crippen LogP contribution is -2.45. The smallest absolute Gasteiger partial charge is 0.259 e. The van der Waals surface area contributed by atoms with E-state index in [0.717, 1.165) is 41.8 Å². The van der Waals surface area contributed by atoms with Gasteiger partial charge in [-0.25, -0.2) is 9.37 Å². The Morgan fingerprint density at radius 1 is 1.22 bits per heavy atom. The quantitative estimate of drug-likeness (QED) is 0.508. The van der Waals surface area contributed by atoms with E-state index in [-0.39, 0.29) is 29.8 Å². The molecule has 1 atom stereocenters. The monoisotopic (exact) mass is 505 g/mol. The molecule has 1 saturated heterocycles. The van der Waals surface area contributed by atoms with Gasteiger partial charge < -0.3 is 25.0 Å². The number of nitrogens with one attached hydrogen (secondary N) is 2. The summed E-state index contributed by atoms with van der Waals surface area (Å²) in [4.78, 5) is 36.6. The molecule has 9 nitrogen and oxygen atoms in total. The molecule has 1 unspecified atom stereocenters. The standard InChI is InChI=1S/C27H28FN5O4/c1-36-20-9-10-23-18(14-20)11-13-33(23)27-30-15-21(24(34)31-22-4-2-3-12-29-25(22)35)26(32-27)37-16-17-5-7-19(28)8-6-17/h5-10,14-15,22H,2-4,11-13,16H2,1H3,(H,29,35)(H,31,34). The van der Waals surface area contributed by atoms with Gasteiger partial charge in [-0.05, 0) is 67.1 Å². The maximum Gasteiger partial charge on any atom is 0.259 e. The predicted octanol–water partition coefficient (Wildman–Crippen LogP) is 3.30. The van der Waals surface area contributed by atoms with E-state index in [9.17, 15) is 14.0 Å². The molecule has 2 amide bonds. The van der Waals surface area contributed by atoms with Gasteiger partial charge in [0.2, 0.25) is 17.7 Å². The van der Waals surface area contributed by atoms with Crippen molar-refractivity contribution in [3.05, 3.63) is 71.2 Å². The average Bonchev–Trinajstić information content (AvgIpc) is 3.24. The topological polar surface area (TPSA) is 106 Å². The van der Waals surface area contributed by atoms with Crippen molar-refractivity contribution in [2.75, 3.05) is 25.1 Å². The molecular formula is C27H28FN5O4. The number of methoxy groups -OCH3 is 1. The zero-order chi connectivity index (χ0) is 25.8. The summed E-state index contributed by atoms with van der Waals surface area (Å²) in [6.07, 6.45) is 4.46. The van der Waals surface area contributed by atoms with Gasteiger partial charge in [0.25, 0.3) is 5.91 Å². The number of halogens is 1. The average molecular weight is 506 g/mol. The first-order chi connectivity index (χ1) is 18.0.